The molecular formula is C17H12INO2. The van der Waals surface area contributed by atoms with Gasteiger partial charge in [0.15, 0.2) is 0 Å². The van der Waals surface area contributed by atoms with E-state index >= 15 is 0 Å². The molecule has 21 heavy (non-hydrogen) atoms. The summed E-state index contributed by atoms with van der Waals surface area (Å²) in [6.45, 7) is 0. The Labute approximate surface area is 135 Å². The lowest BCUT2D eigenvalue weighted by atomic mass is 10.1. The molecule has 1 N–H and O–H groups in total. The van der Waals surface area contributed by atoms with Gasteiger partial charge in [-0.25, -0.2) is 0 Å². The quantitative estimate of drug-likeness (QED) is 0.678. The summed E-state index contributed by atoms with van der Waals surface area (Å²) >= 11 is 1.87. The number of rotatable bonds is 2. The Morgan fingerprint density at radius 1 is 0.905 bits per heavy atom. The topological polar surface area (TPSA) is 42.2 Å². The third-order valence-electron chi connectivity index (χ3n) is 3.21. The van der Waals surface area contributed by atoms with E-state index in [1.54, 1.807) is 10.6 Å². The molecule has 0 radical (unpaired) electrons. The molecule has 3 nitrogen and oxygen atoms in total. The summed E-state index contributed by atoms with van der Waals surface area (Å²) in [6, 6.07) is 20.6. The molecule has 0 saturated carbocycles. The molecule has 0 aliphatic carbocycles. The van der Waals surface area contributed by atoms with Gasteiger partial charge in [-0.1, -0.05) is 48.5 Å². The summed E-state index contributed by atoms with van der Waals surface area (Å²) in [6.07, 6.45) is 0. The first-order chi connectivity index (χ1) is 10.2. The monoisotopic (exact) mass is 389 g/mol. The Kier molecular flexibility index (Phi) is 3.79. The number of hydrogen-bond donors (Lipinski definition) is 1. The van der Waals surface area contributed by atoms with E-state index in [-0.39, 0.29) is 11.3 Å². The highest BCUT2D eigenvalue weighted by atomic mass is 127. The SMILES string of the molecule is O=c1c(I)c(O)cc(-c2ccccc2)n1-c1ccccc1. The van der Waals surface area contributed by atoms with E-state index in [1.807, 2.05) is 83.3 Å². The van der Waals surface area contributed by atoms with Gasteiger partial charge < -0.3 is 5.11 Å². The van der Waals surface area contributed by atoms with Crippen molar-refractivity contribution in [1.82, 2.24) is 4.57 Å². The van der Waals surface area contributed by atoms with E-state index in [1.165, 1.54) is 0 Å². The van der Waals surface area contributed by atoms with Gasteiger partial charge in [0, 0.05) is 11.8 Å². The summed E-state index contributed by atoms with van der Waals surface area (Å²) in [7, 11) is 0. The predicted molar refractivity (Wildman–Crippen MR) is 91.9 cm³/mol. The van der Waals surface area contributed by atoms with Crippen molar-refractivity contribution in [2.75, 3.05) is 0 Å². The molecule has 3 rings (SSSR count). The molecular weight excluding hydrogens is 377 g/mol. The van der Waals surface area contributed by atoms with Gasteiger partial charge >= 0.3 is 0 Å². The fraction of sp³-hybridized carbons (Fsp3) is 0. The third-order valence-corrected chi connectivity index (χ3v) is 4.23. The van der Waals surface area contributed by atoms with Crippen molar-refractivity contribution in [2.45, 2.75) is 0 Å². The van der Waals surface area contributed by atoms with Crippen molar-refractivity contribution >= 4 is 22.6 Å². The molecule has 0 spiro atoms. The van der Waals surface area contributed by atoms with Crippen molar-refractivity contribution in [3.8, 4) is 22.7 Å². The van der Waals surface area contributed by atoms with E-state index < -0.39 is 0 Å². The van der Waals surface area contributed by atoms with Crippen LogP contribution in [0.1, 0.15) is 0 Å². The number of aromatic hydroxyl groups is 1. The maximum absolute atomic E-state index is 12.6. The predicted octanol–water partition coefficient (Wildman–Crippen LogP) is 3.81. The first kappa shape index (κ1) is 13.9. The van der Waals surface area contributed by atoms with Crippen molar-refractivity contribution < 1.29 is 5.11 Å². The van der Waals surface area contributed by atoms with Crippen LogP contribution in [0.15, 0.2) is 71.5 Å². The van der Waals surface area contributed by atoms with Crippen LogP contribution in [0.2, 0.25) is 0 Å². The van der Waals surface area contributed by atoms with Crippen LogP contribution >= 0.6 is 22.6 Å². The van der Waals surface area contributed by atoms with E-state index in [0.717, 1.165) is 11.3 Å². The lowest BCUT2D eigenvalue weighted by Crippen LogP contribution is -2.22. The van der Waals surface area contributed by atoms with Crippen LogP contribution in [-0.4, -0.2) is 9.67 Å². The molecule has 1 heterocycles. The third kappa shape index (κ3) is 2.58. The van der Waals surface area contributed by atoms with E-state index in [9.17, 15) is 9.90 Å². The molecule has 0 saturated heterocycles. The number of para-hydroxylation sites is 1. The highest BCUT2D eigenvalue weighted by Gasteiger charge is 2.14. The molecule has 2 aromatic carbocycles. The van der Waals surface area contributed by atoms with Crippen LogP contribution in [0, 0.1) is 3.57 Å². The zero-order chi connectivity index (χ0) is 14.8. The normalized spacial score (nSPS) is 10.5. The van der Waals surface area contributed by atoms with Crippen molar-refractivity contribution in [3.63, 3.8) is 0 Å². The van der Waals surface area contributed by atoms with Crippen molar-refractivity contribution in [3.05, 3.63) is 80.7 Å². The van der Waals surface area contributed by atoms with Gasteiger partial charge in [0.1, 0.15) is 9.32 Å². The fourth-order valence-electron chi connectivity index (χ4n) is 2.23. The Balaban J connectivity index is 2.37. The molecule has 0 unspecified atom stereocenters. The number of halogens is 1. The highest BCUT2D eigenvalue weighted by molar-refractivity contribution is 14.1. The second kappa shape index (κ2) is 5.73. The minimum atomic E-state index is -0.222. The lowest BCUT2D eigenvalue weighted by molar-refractivity contribution is 0.469. The van der Waals surface area contributed by atoms with Gasteiger partial charge in [0.25, 0.3) is 5.56 Å². The first-order valence-electron chi connectivity index (χ1n) is 6.44. The van der Waals surface area contributed by atoms with Gasteiger partial charge in [-0.05, 0) is 40.3 Å². The van der Waals surface area contributed by atoms with Crippen LogP contribution in [0.5, 0.6) is 5.75 Å². The van der Waals surface area contributed by atoms with E-state index in [4.69, 9.17) is 0 Å². The van der Waals surface area contributed by atoms with Crippen LogP contribution in [-0.2, 0) is 0 Å². The summed E-state index contributed by atoms with van der Waals surface area (Å²) in [5.74, 6) is 0.00614. The zero-order valence-corrected chi connectivity index (χ0v) is 13.2. The molecule has 3 aromatic rings. The number of nitrogens with zero attached hydrogens (tertiary/aromatic N) is 1. The second-order valence-electron chi connectivity index (χ2n) is 4.57. The lowest BCUT2D eigenvalue weighted by Gasteiger charge is -2.14. The average Bonchev–Trinajstić information content (AvgIpc) is 2.54. The molecule has 0 aliphatic heterocycles. The summed E-state index contributed by atoms with van der Waals surface area (Å²) in [5, 5.41) is 9.99. The first-order valence-corrected chi connectivity index (χ1v) is 7.52. The van der Waals surface area contributed by atoms with E-state index in [2.05, 4.69) is 0 Å². The van der Waals surface area contributed by atoms with Gasteiger partial charge in [0.05, 0.1) is 5.69 Å². The van der Waals surface area contributed by atoms with Gasteiger partial charge in [0.2, 0.25) is 0 Å². The van der Waals surface area contributed by atoms with Gasteiger partial charge in [-0.2, -0.15) is 0 Å². The molecule has 0 aliphatic rings. The van der Waals surface area contributed by atoms with Gasteiger partial charge in [-0.15, -0.1) is 0 Å². The molecule has 4 heteroatoms. The molecule has 0 bridgehead atoms. The van der Waals surface area contributed by atoms with Crippen LogP contribution in [0.25, 0.3) is 16.9 Å². The molecule has 0 fully saturated rings. The van der Waals surface area contributed by atoms with Crippen LogP contribution < -0.4 is 5.56 Å². The number of pyridine rings is 1. The molecule has 104 valence electrons. The van der Waals surface area contributed by atoms with Crippen molar-refractivity contribution in [2.24, 2.45) is 0 Å². The van der Waals surface area contributed by atoms with Crippen LogP contribution in [0.3, 0.4) is 0 Å². The highest BCUT2D eigenvalue weighted by Crippen LogP contribution is 2.27. The molecule has 0 atom stereocenters. The minimum absolute atomic E-state index is 0.00614. The number of benzene rings is 2. The Hall–Kier alpha value is -2.08. The summed E-state index contributed by atoms with van der Waals surface area (Å²) in [5.41, 5.74) is 2.11. The maximum atomic E-state index is 12.6. The standard InChI is InChI=1S/C17H12INO2/c18-16-15(20)11-14(12-7-3-1-4-8-12)19(17(16)21)13-9-5-2-6-10-13/h1-11,20H. The summed E-state index contributed by atoms with van der Waals surface area (Å²) < 4.78 is 1.94. The second-order valence-corrected chi connectivity index (χ2v) is 5.65. The molecule has 1 aromatic heterocycles. The summed E-state index contributed by atoms with van der Waals surface area (Å²) in [4.78, 5) is 12.6. The maximum Gasteiger partial charge on any atom is 0.272 e. The Bertz CT molecular complexity index is 827. The van der Waals surface area contributed by atoms with E-state index in [0.29, 0.717) is 9.26 Å². The Morgan fingerprint density at radius 2 is 1.48 bits per heavy atom. The zero-order valence-electron chi connectivity index (χ0n) is 11.0. The fourth-order valence-corrected chi connectivity index (χ4v) is 2.63. The van der Waals surface area contributed by atoms with Gasteiger partial charge in [-0.3, -0.25) is 9.36 Å². The number of aromatic nitrogens is 1. The Morgan fingerprint density at radius 3 is 2.10 bits per heavy atom. The minimum Gasteiger partial charge on any atom is -0.507 e. The van der Waals surface area contributed by atoms with Crippen LogP contribution in [0.4, 0.5) is 0 Å². The smallest absolute Gasteiger partial charge is 0.272 e. The number of hydrogen-bond acceptors (Lipinski definition) is 2. The molecule has 0 amide bonds. The van der Waals surface area contributed by atoms with Crippen molar-refractivity contribution in [1.29, 1.82) is 0 Å². The largest absolute Gasteiger partial charge is 0.507 e. The average molecular weight is 389 g/mol.